The molecule has 2 aromatic carbocycles. The van der Waals surface area contributed by atoms with Crippen LogP contribution in [-0.4, -0.2) is 45.9 Å². The second kappa shape index (κ2) is 8.10. The summed E-state index contributed by atoms with van der Waals surface area (Å²) in [5, 5.41) is 10.0. The van der Waals surface area contributed by atoms with Crippen LogP contribution in [0.2, 0.25) is 0 Å². The first kappa shape index (κ1) is 22.1. The molecule has 1 saturated heterocycles. The van der Waals surface area contributed by atoms with Crippen LogP contribution in [0, 0.1) is 17.0 Å². The Bertz CT molecular complexity index is 1240. The Labute approximate surface area is 202 Å². The van der Waals surface area contributed by atoms with Crippen molar-refractivity contribution < 1.29 is 18.3 Å². The highest BCUT2D eigenvalue weighted by atomic mass is 19.2. The number of hydrogen-bond acceptors (Lipinski definition) is 8. The average molecular weight is 483 g/mol. The Kier molecular flexibility index (Phi) is 5.12. The van der Waals surface area contributed by atoms with Gasteiger partial charge in [-0.1, -0.05) is 6.07 Å². The van der Waals surface area contributed by atoms with E-state index in [4.69, 9.17) is 20.2 Å². The predicted octanol–water partition coefficient (Wildman–Crippen LogP) is 2.59. The second-order valence-electron chi connectivity index (χ2n) is 9.47. The minimum Gasteiger partial charge on any atom is -0.494 e. The van der Waals surface area contributed by atoms with Gasteiger partial charge in [0.15, 0.2) is 17.3 Å². The summed E-state index contributed by atoms with van der Waals surface area (Å²) < 4.78 is 39.0. The number of guanidine groups is 1. The minimum absolute atomic E-state index is 0.117. The second-order valence-corrected chi connectivity index (χ2v) is 9.47. The molecule has 3 aliphatic heterocycles. The topological polar surface area (TPSA) is 96.2 Å². The molecule has 2 fully saturated rings. The Morgan fingerprint density at radius 1 is 1.11 bits per heavy atom. The quantitative estimate of drug-likeness (QED) is 0.532. The van der Waals surface area contributed by atoms with Gasteiger partial charge in [-0.25, -0.2) is 13.8 Å². The van der Waals surface area contributed by atoms with E-state index in [1.807, 2.05) is 18.2 Å². The number of morpholine rings is 1. The molecule has 6 rings (SSSR count). The molecule has 184 valence electrons. The van der Waals surface area contributed by atoms with Gasteiger partial charge in [-0.2, -0.15) is 0 Å². The zero-order valence-electron chi connectivity index (χ0n) is 19.5. The number of fused-ring (bicyclic) bond motifs is 1. The van der Waals surface area contributed by atoms with Crippen molar-refractivity contribution in [3.63, 3.8) is 0 Å². The predicted molar refractivity (Wildman–Crippen MR) is 129 cm³/mol. The van der Waals surface area contributed by atoms with E-state index in [-0.39, 0.29) is 5.41 Å². The van der Waals surface area contributed by atoms with Crippen molar-refractivity contribution in [2.75, 3.05) is 50.2 Å². The fourth-order valence-corrected chi connectivity index (χ4v) is 5.29. The summed E-state index contributed by atoms with van der Waals surface area (Å²) in [4.78, 5) is 7.06. The first-order chi connectivity index (χ1) is 16.9. The highest BCUT2D eigenvalue weighted by Gasteiger charge is 2.59. The number of methoxy groups -OCH3 is 1. The van der Waals surface area contributed by atoms with Gasteiger partial charge in [0.2, 0.25) is 5.96 Å². The smallest absolute Gasteiger partial charge is 0.204 e. The molecule has 1 unspecified atom stereocenters. The van der Waals surface area contributed by atoms with Crippen molar-refractivity contribution in [2.24, 2.45) is 16.1 Å². The van der Waals surface area contributed by atoms with Crippen molar-refractivity contribution in [2.45, 2.75) is 18.5 Å². The van der Waals surface area contributed by atoms with Crippen LogP contribution in [0.25, 0.3) is 0 Å². The molecule has 35 heavy (non-hydrogen) atoms. The lowest BCUT2D eigenvalue weighted by molar-refractivity contribution is 0.122. The molecule has 0 bridgehead atoms. The molecule has 1 atom stereocenters. The highest BCUT2D eigenvalue weighted by Crippen LogP contribution is 2.60. The number of hydrogen-bond donors (Lipinski definition) is 4. The van der Waals surface area contributed by atoms with E-state index in [1.54, 1.807) is 7.11 Å². The van der Waals surface area contributed by atoms with Crippen LogP contribution in [0.3, 0.4) is 0 Å². The molecule has 3 heterocycles. The number of nitrogens with two attached hydrogens (primary N) is 1. The van der Waals surface area contributed by atoms with Crippen LogP contribution in [0.15, 0.2) is 52.8 Å². The summed E-state index contributed by atoms with van der Waals surface area (Å²) in [5.41, 5.74) is 8.49. The molecule has 1 aliphatic carbocycles. The third-order valence-electron chi connectivity index (χ3n) is 7.32. The number of ether oxygens (including phenoxy) is 2. The van der Waals surface area contributed by atoms with Crippen LogP contribution in [0.1, 0.15) is 18.4 Å². The summed E-state index contributed by atoms with van der Waals surface area (Å²) in [6.45, 7) is 3.75. The van der Waals surface area contributed by atoms with E-state index in [2.05, 4.69) is 20.9 Å². The lowest BCUT2D eigenvalue weighted by Gasteiger charge is -2.36. The van der Waals surface area contributed by atoms with Crippen LogP contribution in [-0.2, 0) is 10.4 Å². The number of nitrogens with one attached hydrogen (secondary N) is 3. The fourth-order valence-electron chi connectivity index (χ4n) is 5.29. The SMILES string of the molecule is COc1cc(N2CCOCC2)ccc1NC1=NC(N)(c2ccc(F)c(F)c2)C2=C(NCC23CC3)N1. The van der Waals surface area contributed by atoms with E-state index < -0.39 is 17.3 Å². The summed E-state index contributed by atoms with van der Waals surface area (Å²) >= 11 is 0. The maximum atomic E-state index is 14.2. The number of rotatable bonds is 4. The average Bonchev–Trinajstić information content (AvgIpc) is 3.55. The van der Waals surface area contributed by atoms with E-state index in [0.717, 1.165) is 61.7 Å². The van der Waals surface area contributed by atoms with Crippen LogP contribution < -0.4 is 31.3 Å². The molecule has 1 spiro atoms. The molecule has 1 saturated carbocycles. The van der Waals surface area contributed by atoms with Crippen LogP contribution in [0.5, 0.6) is 5.75 Å². The van der Waals surface area contributed by atoms with Crippen molar-refractivity contribution in [1.29, 1.82) is 0 Å². The Balaban J connectivity index is 1.35. The van der Waals surface area contributed by atoms with Gasteiger partial charge in [0.1, 0.15) is 11.6 Å². The molecule has 8 nitrogen and oxygen atoms in total. The molecule has 2 aromatic rings. The van der Waals surface area contributed by atoms with Crippen molar-refractivity contribution in [1.82, 2.24) is 10.6 Å². The lowest BCUT2D eigenvalue weighted by Crippen LogP contribution is -2.49. The van der Waals surface area contributed by atoms with Gasteiger partial charge >= 0.3 is 0 Å². The first-order valence-electron chi connectivity index (χ1n) is 11.8. The first-order valence-corrected chi connectivity index (χ1v) is 11.8. The number of benzene rings is 2. The molecule has 0 amide bonds. The van der Waals surface area contributed by atoms with Gasteiger partial charge in [-0.3, -0.25) is 5.73 Å². The van der Waals surface area contributed by atoms with Crippen molar-refractivity contribution >= 4 is 17.3 Å². The molecule has 0 radical (unpaired) electrons. The fraction of sp³-hybridized carbons (Fsp3) is 0.400. The van der Waals surface area contributed by atoms with E-state index in [1.165, 1.54) is 6.07 Å². The van der Waals surface area contributed by atoms with Gasteiger partial charge < -0.3 is 30.3 Å². The Morgan fingerprint density at radius 2 is 1.91 bits per heavy atom. The maximum absolute atomic E-state index is 14.2. The third kappa shape index (κ3) is 3.68. The molecule has 5 N–H and O–H groups in total. The number of anilines is 2. The number of aliphatic imine (C=N–C) groups is 1. The van der Waals surface area contributed by atoms with Crippen LogP contribution >= 0.6 is 0 Å². The number of nitrogens with zero attached hydrogens (tertiary/aromatic N) is 2. The maximum Gasteiger partial charge on any atom is 0.204 e. The Hall–Kier alpha value is -3.37. The Morgan fingerprint density at radius 3 is 2.63 bits per heavy atom. The molecule has 10 heteroatoms. The molecule has 4 aliphatic rings. The van der Waals surface area contributed by atoms with Gasteiger partial charge in [-0.05, 0) is 37.1 Å². The zero-order chi connectivity index (χ0) is 24.2. The molecular weight excluding hydrogens is 454 g/mol. The molecule has 0 aromatic heterocycles. The largest absolute Gasteiger partial charge is 0.494 e. The van der Waals surface area contributed by atoms with Crippen molar-refractivity contribution in [3.8, 4) is 5.75 Å². The van der Waals surface area contributed by atoms with Gasteiger partial charge in [0, 0.05) is 47.9 Å². The number of halogens is 2. The summed E-state index contributed by atoms with van der Waals surface area (Å²) in [5.74, 6) is -0.0750. The van der Waals surface area contributed by atoms with E-state index in [9.17, 15) is 8.78 Å². The van der Waals surface area contributed by atoms with Crippen LogP contribution in [0.4, 0.5) is 20.2 Å². The highest BCUT2D eigenvalue weighted by molar-refractivity contribution is 5.98. The van der Waals surface area contributed by atoms with Gasteiger partial charge in [0.25, 0.3) is 0 Å². The summed E-state index contributed by atoms with van der Waals surface area (Å²) in [6.07, 6.45) is 1.94. The summed E-state index contributed by atoms with van der Waals surface area (Å²) in [6, 6.07) is 9.65. The third-order valence-corrected chi connectivity index (χ3v) is 7.32. The van der Waals surface area contributed by atoms with Crippen molar-refractivity contribution in [3.05, 3.63) is 65.0 Å². The van der Waals surface area contributed by atoms with Gasteiger partial charge in [0.05, 0.1) is 26.0 Å². The normalized spacial score (nSPS) is 24.5. The van der Waals surface area contributed by atoms with E-state index in [0.29, 0.717) is 36.2 Å². The zero-order valence-corrected chi connectivity index (χ0v) is 19.5. The summed E-state index contributed by atoms with van der Waals surface area (Å²) in [7, 11) is 1.62. The molecular formula is C25H28F2N6O2. The lowest BCUT2D eigenvalue weighted by atomic mass is 9.82. The van der Waals surface area contributed by atoms with Gasteiger partial charge in [-0.15, -0.1) is 0 Å². The minimum atomic E-state index is -1.35. The van der Waals surface area contributed by atoms with E-state index >= 15 is 0 Å². The standard InChI is InChI=1S/C25H28F2N6O2/c1-34-20-13-16(33-8-10-35-11-9-33)3-5-19(20)30-23-31-22-21(24(6-7-24)14-29-22)25(28,32-23)15-2-4-17(26)18(27)12-15/h2-5,12-13,29H,6-11,14,28H2,1H3,(H2,30,31,32). The monoisotopic (exact) mass is 482 g/mol.